The first kappa shape index (κ1) is 26.7. The summed E-state index contributed by atoms with van der Waals surface area (Å²) in [5, 5.41) is 3.62. The summed E-state index contributed by atoms with van der Waals surface area (Å²) >= 11 is 1.53. The largest absolute Gasteiger partial charge is 0.495 e. The van der Waals surface area contributed by atoms with Crippen LogP contribution < -0.4 is 15.8 Å². The predicted molar refractivity (Wildman–Crippen MR) is 142 cm³/mol. The monoisotopic (exact) mass is 520 g/mol. The number of imidazole rings is 1. The number of aliphatic imine (C=N–C) groups is 1. The van der Waals surface area contributed by atoms with Crippen molar-refractivity contribution >= 4 is 44.9 Å². The molecule has 10 nitrogen and oxygen atoms in total. The average molecular weight is 521 g/mol. The van der Waals surface area contributed by atoms with Crippen molar-refractivity contribution in [1.82, 2.24) is 19.7 Å². The van der Waals surface area contributed by atoms with E-state index in [2.05, 4.69) is 20.3 Å². The van der Waals surface area contributed by atoms with Crippen LogP contribution in [0.3, 0.4) is 0 Å². The normalized spacial score (nSPS) is 13.9. The third-order valence-electron chi connectivity index (χ3n) is 5.49. The van der Waals surface area contributed by atoms with Crippen molar-refractivity contribution in [3.05, 3.63) is 45.8 Å². The summed E-state index contributed by atoms with van der Waals surface area (Å²) in [7, 11) is -0.267. The number of nitrogens with two attached hydrogens (primary N) is 1. The molecule has 3 heterocycles. The van der Waals surface area contributed by atoms with Crippen molar-refractivity contribution in [3.8, 4) is 5.75 Å². The second kappa shape index (κ2) is 9.97. The van der Waals surface area contributed by atoms with E-state index in [0.29, 0.717) is 17.1 Å². The molecule has 5 N–H and O–H groups in total. The Hall–Kier alpha value is -2.93. The lowest BCUT2D eigenvalue weighted by molar-refractivity contribution is -0.114. The lowest BCUT2D eigenvalue weighted by Gasteiger charge is -2.44. The van der Waals surface area contributed by atoms with Crippen LogP contribution in [0.5, 0.6) is 5.75 Å². The summed E-state index contributed by atoms with van der Waals surface area (Å²) < 4.78 is 28.2. The molecular formula is C23H32N6O4S2. The minimum Gasteiger partial charge on any atom is -0.495 e. The summed E-state index contributed by atoms with van der Waals surface area (Å²) in [5.41, 5.74) is 8.62. The number of rotatable bonds is 7. The fourth-order valence-corrected chi connectivity index (χ4v) is 5.43. The number of carbonyl (C=O) groups excluding carboxylic acids is 1. The van der Waals surface area contributed by atoms with E-state index in [1.54, 1.807) is 43.6 Å². The molecule has 35 heavy (non-hydrogen) atoms. The van der Waals surface area contributed by atoms with Gasteiger partial charge in [0.1, 0.15) is 27.0 Å². The van der Waals surface area contributed by atoms with Gasteiger partial charge >= 0.3 is 0 Å². The number of methoxy groups -OCH3 is 1. The van der Waals surface area contributed by atoms with E-state index in [4.69, 9.17) is 10.5 Å². The van der Waals surface area contributed by atoms with Gasteiger partial charge in [-0.15, -0.1) is 11.3 Å². The maximum Gasteiger partial charge on any atom is 0.269 e. The lowest BCUT2D eigenvalue weighted by atomic mass is 10.2. The minimum absolute atomic E-state index is 0.134. The van der Waals surface area contributed by atoms with Crippen molar-refractivity contribution in [1.29, 1.82) is 0 Å². The Labute approximate surface area is 210 Å². The molecule has 12 heteroatoms. The Morgan fingerprint density at radius 1 is 1.37 bits per heavy atom. The number of nitrogens with zero attached hydrogens (tertiary/aromatic N) is 4. The molecule has 0 aliphatic carbocycles. The number of ether oxygens (including phenoxy) is 1. The molecule has 3 aromatic rings. The molecule has 3 aromatic heterocycles. The summed E-state index contributed by atoms with van der Waals surface area (Å²) in [6.07, 6.45) is 4.57. The van der Waals surface area contributed by atoms with E-state index < -0.39 is 15.3 Å². The van der Waals surface area contributed by atoms with E-state index in [9.17, 15) is 13.9 Å². The Balaban J connectivity index is 1.94. The molecule has 1 amide bonds. The number of fused-ring (bicyclic) bond motifs is 1. The van der Waals surface area contributed by atoms with Crippen LogP contribution in [0.2, 0.25) is 0 Å². The van der Waals surface area contributed by atoms with Gasteiger partial charge in [0.05, 0.1) is 41.7 Å². The fourth-order valence-electron chi connectivity index (χ4n) is 3.22. The summed E-state index contributed by atoms with van der Waals surface area (Å²) in [5.74, 6) is -0.0750. The topological polar surface area (TPSA) is 147 Å². The predicted octanol–water partition coefficient (Wildman–Crippen LogP) is 4.01. The number of aromatic nitrogens is 3. The van der Waals surface area contributed by atoms with Crippen LogP contribution in [0.4, 0.5) is 0 Å². The number of nitrogens with one attached hydrogen (secondary N) is 1. The molecule has 190 valence electrons. The van der Waals surface area contributed by atoms with E-state index in [-0.39, 0.29) is 28.8 Å². The van der Waals surface area contributed by atoms with Crippen molar-refractivity contribution in [2.75, 3.05) is 14.2 Å². The molecule has 0 saturated carbocycles. The van der Waals surface area contributed by atoms with Gasteiger partial charge in [0.15, 0.2) is 0 Å². The van der Waals surface area contributed by atoms with Gasteiger partial charge in [0, 0.05) is 24.2 Å². The van der Waals surface area contributed by atoms with Gasteiger partial charge in [0.2, 0.25) is 0 Å². The van der Waals surface area contributed by atoms with Crippen LogP contribution in [0.1, 0.15) is 42.0 Å². The average Bonchev–Trinajstić information content (AvgIpc) is 3.35. The van der Waals surface area contributed by atoms with Crippen LogP contribution in [0.25, 0.3) is 11.3 Å². The molecule has 0 fully saturated rings. The number of pyridine rings is 1. The maximum absolute atomic E-state index is 12.7. The zero-order valence-electron chi connectivity index (χ0n) is 20.9. The molecule has 0 unspecified atom stereocenters. The van der Waals surface area contributed by atoms with Crippen LogP contribution in [0.15, 0.2) is 34.4 Å². The number of hydrogen-bond acceptors (Lipinski definition) is 9. The molecule has 0 bridgehead atoms. The third kappa shape index (κ3) is 5.35. The number of carbonyl (C=O) groups is 1. The van der Waals surface area contributed by atoms with Crippen molar-refractivity contribution in [3.63, 3.8) is 0 Å². The van der Waals surface area contributed by atoms with E-state index in [1.165, 1.54) is 31.6 Å². The highest BCUT2D eigenvalue weighted by Crippen LogP contribution is 2.61. The van der Waals surface area contributed by atoms with E-state index >= 15 is 0 Å². The van der Waals surface area contributed by atoms with Gasteiger partial charge in [0.25, 0.3) is 5.91 Å². The first-order chi connectivity index (χ1) is 16.3. The molecule has 0 aliphatic heterocycles. The number of amides is 1. The van der Waals surface area contributed by atoms with Gasteiger partial charge in [-0.3, -0.25) is 23.3 Å². The summed E-state index contributed by atoms with van der Waals surface area (Å²) in [6, 6.07) is 1.62. The van der Waals surface area contributed by atoms with Crippen LogP contribution in [-0.4, -0.2) is 54.0 Å². The van der Waals surface area contributed by atoms with E-state index in [1.807, 2.05) is 13.8 Å². The standard InChI is InChI=1S/C23H32N6O4S2/c1-13-14(2)34-21(28-13)11-27-22(30)16(25-6)8-15(24)17-10-26-20-9-18(33-7)19(12-29(17)20)35(31,32)23(3,4)5/h8-10,12,31-32H,11,24H2,1-7H3,(H,27,30)/b15-8-,25-16?. The third-order valence-corrected chi connectivity index (χ3v) is 9.19. The first-order valence-electron chi connectivity index (χ1n) is 10.8. The Morgan fingerprint density at radius 3 is 2.60 bits per heavy atom. The molecule has 0 aliphatic rings. The number of hydrogen-bond donors (Lipinski definition) is 4. The molecule has 0 saturated heterocycles. The summed E-state index contributed by atoms with van der Waals surface area (Å²) in [4.78, 5) is 26.9. The first-order valence-corrected chi connectivity index (χ1v) is 13.1. The second-order valence-electron chi connectivity index (χ2n) is 8.88. The zero-order chi connectivity index (χ0) is 26.1. The van der Waals surface area contributed by atoms with Gasteiger partial charge in [-0.05, 0) is 40.7 Å². The maximum atomic E-state index is 12.7. The van der Waals surface area contributed by atoms with E-state index in [0.717, 1.165) is 15.6 Å². The van der Waals surface area contributed by atoms with Gasteiger partial charge < -0.3 is 15.8 Å². The van der Waals surface area contributed by atoms with Crippen molar-refractivity contribution in [2.45, 2.75) is 50.8 Å². The molecule has 0 atom stereocenters. The quantitative estimate of drug-likeness (QED) is 0.344. The Kier molecular flexibility index (Phi) is 7.60. The SMILES string of the molecule is CN=C(/C=C(\N)c1cnc2cc(OC)c(S(O)(O)C(C)(C)C)cn12)C(=O)NCc1nc(C)c(C)s1. The van der Waals surface area contributed by atoms with Gasteiger partial charge in [-0.25, -0.2) is 9.97 Å². The van der Waals surface area contributed by atoms with Crippen LogP contribution >= 0.6 is 21.9 Å². The smallest absolute Gasteiger partial charge is 0.269 e. The number of aryl methyl sites for hydroxylation is 2. The molecule has 0 aromatic carbocycles. The molecule has 3 rings (SSSR count). The fraction of sp³-hybridized carbons (Fsp3) is 0.391. The molecular weight excluding hydrogens is 488 g/mol. The second-order valence-corrected chi connectivity index (χ2v) is 12.9. The highest BCUT2D eigenvalue weighted by Gasteiger charge is 2.34. The van der Waals surface area contributed by atoms with Crippen LogP contribution in [-0.2, 0) is 11.3 Å². The highest BCUT2D eigenvalue weighted by molar-refractivity contribution is 8.25. The van der Waals surface area contributed by atoms with Gasteiger partial charge in [-0.2, -0.15) is 10.6 Å². The van der Waals surface area contributed by atoms with Gasteiger partial charge in [-0.1, -0.05) is 0 Å². The molecule has 0 radical (unpaired) electrons. The number of thiazole rings is 1. The zero-order valence-corrected chi connectivity index (χ0v) is 22.5. The highest BCUT2D eigenvalue weighted by atomic mass is 32.3. The Bertz CT molecular complexity index is 1300. The van der Waals surface area contributed by atoms with Crippen LogP contribution in [0, 0.1) is 13.8 Å². The molecule has 0 spiro atoms. The Morgan fingerprint density at radius 2 is 2.06 bits per heavy atom. The lowest BCUT2D eigenvalue weighted by Crippen LogP contribution is -2.30. The van der Waals surface area contributed by atoms with Crippen molar-refractivity contribution in [2.24, 2.45) is 10.7 Å². The minimum atomic E-state index is -3.23. The van der Waals surface area contributed by atoms with Crippen molar-refractivity contribution < 1.29 is 18.6 Å². The summed E-state index contributed by atoms with van der Waals surface area (Å²) in [6.45, 7) is 9.42.